The summed E-state index contributed by atoms with van der Waals surface area (Å²) in [6, 6.07) is 3.49. The van der Waals surface area contributed by atoms with Crippen molar-refractivity contribution in [1.82, 2.24) is 4.90 Å². The zero-order valence-electron chi connectivity index (χ0n) is 25.8. The molecule has 0 N–H and O–H groups in total. The normalized spacial score (nSPS) is 21.8. The van der Waals surface area contributed by atoms with Gasteiger partial charge >= 0.3 is 18.4 Å². The Labute approximate surface area is 253 Å². The quantitative estimate of drug-likeness (QED) is 0.299. The van der Waals surface area contributed by atoms with Gasteiger partial charge in [0.2, 0.25) is 0 Å². The van der Waals surface area contributed by atoms with E-state index in [1.54, 1.807) is 13.0 Å². The van der Waals surface area contributed by atoms with Crippen molar-refractivity contribution >= 4 is 11.7 Å². The molecule has 0 aromatic heterocycles. The molecule has 11 heteroatoms. The highest BCUT2D eigenvalue weighted by molar-refractivity contribution is 5.77. The maximum absolute atomic E-state index is 14.9. The van der Waals surface area contributed by atoms with Crippen molar-refractivity contribution in [3.05, 3.63) is 69.5 Å². The van der Waals surface area contributed by atoms with Crippen molar-refractivity contribution in [2.45, 2.75) is 91.2 Å². The Morgan fingerprint density at radius 2 is 1.57 bits per heavy atom. The van der Waals surface area contributed by atoms with Crippen molar-refractivity contribution in [2.75, 3.05) is 13.7 Å². The number of hydrogen-bond acceptors (Lipinski definition) is 3. The summed E-state index contributed by atoms with van der Waals surface area (Å²) in [5, 5.41) is 0. The zero-order valence-corrected chi connectivity index (χ0v) is 25.8. The van der Waals surface area contributed by atoms with E-state index in [0.29, 0.717) is 41.9 Å². The monoisotopic (exact) mass is 629 g/mol. The second-order valence-corrected chi connectivity index (χ2v) is 13.1. The van der Waals surface area contributed by atoms with Crippen LogP contribution in [0.3, 0.4) is 0 Å². The van der Waals surface area contributed by atoms with Gasteiger partial charge < -0.3 is 9.47 Å². The van der Waals surface area contributed by atoms with Crippen molar-refractivity contribution < 1.29 is 45.0 Å². The lowest BCUT2D eigenvalue weighted by molar-refractivity contribution is -0.143. The third-order valence-electron chi connectivity index (χ3n) is 8.84. The van der Waals surface area contributed by atoms with E-state index < -0.39 is 47.5 Å². The van der Waals surface area contributed by atoms with Crippen LogP contribution >= 0.6 is 0 Å². The molecule has 1 fully saturated rings. The minimum Gasteiger partial charge on any atom is -0.496 e. The lowest BCUT2D eigenvalue weighted by Crippen LogP contribution is -2.36. The molecule has 0 saturated carbocycles. The van der Waals surface area contributed by atoms with Crippen LogP contribution in [0.1, 0.15) is 101 Å². The number of amides is 1. The van der Waals surface area contributed by atoms with Crippen molar-refractivity contribution in [2.24, 2.45) is 11.3 Å². The van der Waals surface area contributed by atoms with E-state index >= 15 is 0 Å². The first-order valence-corrected chi connectivity index (χ1v) is 14.6. The zero-order chi connectivity index (χ0) is 32.9. The highest BCUT2D eigenvalue weighted by Gasteiger charge is 2.44. The number of alkyl halides is 6. The number of rotatable bonds is 6. The number of carbonyl (C=O) groups is 1. The molecule has 4 nitrogen and oxygen atoms in total. The van der Waals surface area contributed by atoms with Gasteiger partial charge in [-0.25, -0.2) is 9.18 Å². The number of benzene rings is 2. The molecular weight excluding hydrogens is 591 g/mol. The molecule has 0 spiro atoms. The Kier molecular flexibility index (Phi) is 9.12. The van der Waals surface area contributed by atoms with Crippen LogP contribution in [-0.2, 0) is 17.1 Å². The molecule has 242 valence electrons. The maximum atomic E-state index is 14.9. The number of allylic oxidation sites excluding steroid dienone is 1. The first kappa shape index (κ1) is 33.6. The summed E-state index contributed by atoms with van der Waals surface area (Å²) >= 11 is 0. The predicted octanol–water partition coefficient (Wildman–Crippen LogP) is 10.2. The van der Waals surface area contributed by atoms with Crippen LogP contribution in [0.2, 0.25) is 0 Å². The topological polar surface area (TPSA) is 38.8 Å². The largest absolute Gasteiger partial charge is 0.496 e. The van der Waals surface area contributed by atoms with Crippen LogP contribution in [-0.4, -0.2) is 30.7 Å². The number of nitrogens with zero attached hydrogens (tertiary/aromatic N) is 1. The minimum absolute atomic E-state index is 0.0427. The lowest BCUT2D eigenvalue weighted by Gasteiger charge is -2.38. The number of cyclic esters (lactones) is 1. The van der Waals surface area contributed by atoms with Crippen molar-refractivity contribution in [3.63, 3.8) is 0 Å². The van der Waals surface area contributed by atoms with E-state index in [0.717, 1.165) is 17.6 Å². The molecule has 1 unspecified atom stereocenters. The van der Waals surface area contributed by atoms with Gasteiger partial charge in [0.15, 0.2) is 0 Å². The lowest BCUT2D eigenvalue weighted by atomic mass is 9.69. The highest BCUT2D eigenvalue weighted by Crippen LogP contribution is 2.47. The molecule has 3 atom stereocenters. The van der Waals surface area contributed by atoms with Gasteiger partial charge in [0.05, 0.1) is 24.3 Å². The molecule has 2 aromatic carbocycles. The molecule has 1 saturated heterocycles. The van der Waals surface area contributed by atoms with Gasteiger partial charge in [-0.3, -0.25) is 4.90 Å². The molecular formula is C33H38F7NO3. The van der Waals surface area contributed by atoms with Crippen LogP contribution in [0.15, 0.2) is 35.9 Å². The average Bonchev–Trinajstić information content (AvgIpc) is 3.19. The Bertz CT molecular complexity index is 1400. The first-order chi connectivity index (χ1) is 20.2. The summed E-state index contributed by atoms with van der Waals surface area (Å²) in [4.78, 5) is 14.5. The Morgan fingerprint density at radius 1 is 0.977 bits per heavy atom. The molecule has 1 aliphatic heterocycles. The summed E-state index contributed by atoms with van der Waals surface area (Å²) in [6.45, 7) is 11.7. The van der Waals surface area contributed by atoms with Crippen LogP contribution < -0.4 is 4.74 Å². The Hall–Kier alpha value is -3.24. The summed E-state index contributed by atoms with van der Waals surface area (Å²) in [5.74, 6) is 0.0509. The van der Waals surface area contributed by atoms with E-state index in [4.69, 9.17) is 9.47 Å². The Balaban J connectivity index is 1.78. The molecule has 1 aliphatic carbocycles. The molecule has 44 heavy (non-hydrogen) atoms. The van der Waals surface area contributed by atoms with Crippen LogP contribution in [0.5, 0.6) is 5.75 Å². The summed E-state index contributed by atoms with van der Waals surface area (Å²) in [6.07, 6.45) is -10.2. The van der Waals surface area contributed by atoms with Gasteiger partial charge in [-0.05, 0) is 90.0 Å². The minimum atomic E-state index is -5.03. The molecule has 1 heterocycles. The summed E-state index contributed by atoms with van der Waals surface area (Å²) in [5.41, 5.74) is -0.473. The summed E-state index contributed by atoms with van der Waals surface area (Å²) < 4.78 is 107. The number of carbonyl (C=O) groups excluding carboxylic acids is 1. The Morgan fingerprint density at radius 3 is 2.07 bits per heavy atom. The molecule has 0 bridgehead atoms. The first-order valence-electron chi connectivity index (χ1n) is 14.6. The summed E-state index contributed by atoms with van der Waals surface area (Å²) in [7, 11) is 1.45. The fourth-order valence-electron chi connectivity index (χ4n) is 6.17. The molecule has 2 aliphatic rings. The van der Waals surface area contributed by atoms with Gasteiger partial charge in [0.25, 0.3) is 0 Å². The number of methoxy groups -OCH3 is 1. The number of hydrogen-bond donors (Lipinski definition) is 0. The SMILES string of the molecule is COc1cc(F)c(C(C)C)cc1C1=C(CN2C(=O)O[C@H](c3cc(C(F)(F)F)cc(C(F)(F)F)c3)[C@@H]2C)CC(C(C)(C)C)CC1. The van der Waals surface area contributed by atoms with Crippen LogP contribution in [0.4, 0.5) is 35.5 Å². The molecule has 2 aromatic rings. The number of halogens is 7. The van der Waals surface area contributed by atoms with E-state index in [9.17, 15) is 35.5 Å². The van der Waals surface area contributed by atoms with E-state index in [2.05, 4.69) is 20.8 Å². The number of ether oxygens (including phenoxy) is 2. The molecule has 1 amide bonds. The fraction of sp³-hybridized carbons (Fsp3) is 0.545. The molecule has 0 radical (unpaired) electrons. The van der Waals surface area contributed by atoms with Gasteiger partial charge in [-0.2, -0.15) is 26.3 Å². The standard InChI is InChI=1S/C33H38F7NO3/c1-17(2)25-14-26(28(43-7)15-27(25)34)24-9-8-21(31(4,5)6)12-20(24)16-41-18(3)29(44-30(41)42)19-10-22(32(35,36)37)13-23(11-19)33(38,39)40/h10-11,13-15,17-18,21,29H,8-9,12,16H2,1-7H3/t18-,21?,29-/m0/s1. The maximum Gasteiger partial charge on any atom is 0.416 e. The smallest absolute Gasteiger partial charge is 0.416 e. The van der Waals surface area contributed by atoms with Crippen molar-refractivity contribution in [3.8, 4) is 5.75 Å². The molecule has 4 rings (SSSR count). The van der Waals surface area contributed by atoms with Gasteiger partial charge in [-0.15, -0.1) is 0 Å². The predicted molar refractivity (Wildman–Crippen MR) is 153 cm³/mol. The second-order valence-electron chi connectivity index (χ2n) is 13.1. The van der Waals surface area contributed by atoms with Gasteiger partial charge in [0, 0.05) is 18.2 Å². The van der Waals surface area contributed by atoms with Crippen molar-refractivity contribution in [1.29, 1.82) is 0 Å². The van der Waals surface area contributed by atoms with Gasteiger partial charge in [0.1, 0.15) is 17.7 Å². The van der Waals surface area contributed by atoms with Crippen LogP contribution in [0, 0.1) is 17.2 Å². The third kappa shape index (κ3) is 6.86. The van der Waals surface area contributed by atoms with E-state index in [-0.39, 0.29) is 35.4 Å². The highest BCUT2D eigenvalue weighted by atomic mass is 19.4. The fourth-order valence-corrected chi connectivity index (χ4v) is 6.17. The van der Waals surface area contributed by atoms with Crippen LogP contribution in [0.25, 0.3) is 5.57 Å². The second kappa shape index (κ2) is 11.9. The van der Waals surface area contributed by atoms with Gasteiger partial charge in [-0.1, -0.05) is 34.6 Å². The average molecular weight is 630 g/mol. The third-order valence-corrected chi connectivity index (χ3v) is 8.84. The van der Waals surface area contributed by atoms with E-state index in [1.165, 1.54) is 18.1 Å². The van der Waals surface area contributed by atoms with E-state index in [1.807, 2.05) is 13.8 Å².